The summed E-state index contributed by atoms with van der Waals surface area (Å²) < 4.78 is 5.40. The van der Waals surface area contributed by atoms with Crippen LogP contribution in [-0.4, -0.2) is 46.3 Å². The van der Waals surface area contributed by atoms with Gasteiger partial charge in [-0.05, 0) is 48.5 Å². The van der Waals surface area contributed by atoms with Crippen molar-refractivity contribution in [3.05, 3.63) is 59.4 Å². The van der Waals surface area contributed by atoms with E-state index in [4.69, 9.17) is 16.1 Å². The molecule has 0 spiro atoms. The molecule has 1 fully saturated rings. The van der Waals surface area contributed by atoms with E-state index in [9.17, 15) is 5.11 Å². The first-order valence-corrected chi connectivity index (χ1v) is 8.90. The maximum absolute atomic E-state index is 9.40. The van der Waals surface area contributed by atoms with Gasteiger partial charge in [0.15, 0.2) is 0 Å². The lowest BCUT2D eigenvalue weighted by molar-refractivity contribution is 0.215. The fraction of sp³-hybridized carbons (Fsp3) is 0.263. The first kappa shape index (κ1) is 16.9. The van der Waals surface area contributed by atoms with Gasteiger partial charge in [-0.1, -0.05) is 16.8 Å². The number of aromatic nitrogens is 2. The van der Waals surface area contributed by atoms with E-state index >= 15 is 0 Å². The van der Waals surface area contributed by atoms with Crippen LogP contribution in [0, 0.1) is 0 Å². The van der Waals surface area contributed by atoms with Crippen LogP contribution in [0.1, 0.15) is 5.89 Å². The van der Waals surface area contributed by atoms with Gasteiger partial charge >= 0.3 is 0 Å². The monoisotopic (exact) mass is 370 g/mol. The molecule has 7 heteroatoms. The highest BCUT2D eigenvalue weighted by Crippen LogP contribution is 2.21. The van der Waals surface area contributed by atoms with Crippen molar-refractivity contribution >= 4 is 17.3 Å². The lowest BCUT2D eigenvalue weighted by Gasteiger charge is -2.35. The van der Waals surface area contributed by atoms with Crippen LogP contribution < -0.4 is 4.90 Å². The molecule has 1 aliphatic rings. The molecule has 0 amide bonds. The van der Waals surface area contributed by atoms with E-state index in [1.54, 1.807) is 12.1 Å². The minimum absolute atomic E-state index is 0.292. The van der Waals surface area contributed by atoms with Gasteiger partial charge in [-0.3, -0.25) is 4.90 Å². The molecule has 1 N–H and O–H groups in total. The number of halogens is 1. The molecule has 0 radical (unpaired) electrons. The van der Waals surface area contributed by atoms with E-state index in [1.807, 2.05) is 36.4 Å². The number of hydrogen-bond donors (Lipinski definition) is 1. The standard InChI is InChI=1S/C19H19ClN4O2/c20-15-3-1-14(2-4-15)19-21-18(26-22-19)13-23-9-11-24(12-10-23)16-5-7-17(25)8-6-16/h1-8,25H,9-13H2. The Kier molecular flexibility index (Phi) is 4.77. The van der Waals surface area contributed by atoms with E-state index < -0.39 is 0 Å². The molecule has 4 rings (SSSR count). The third kappa shape index (κ3) is 3.81. The van der Waals surface area contributed by atoms with E-state index in [2.05, 4.69) is 19.9 Å². The smallest absolute Gasteiger partial charge is 0.241 e. The van der Waals surface area contributed by atoms with Crippen molar-refractivity contribution in [2.45, 2.75) is 6.54 Å². The van der Waals surface area contributed by atoms with Crippen molar-refractivity contribution in [2.24, 2.45) is 0 Å². The Labute approximate surface area is 156 Å². The van der Waals surface area contributed by atoms with Crippen LogP contribution in [0.15, 0.2) is 53.1 Å². The summed E-state index contributed by atoms with van der Waals surface area (Å²) >= 11 is 5.91. The van der Waals surface area contributed by atoms with Gasteiger partial charge in [0.05, 0.1) is 6.54 Å². The second kappa shape index (κ2) is 7.35. The van der Waals surface area contributed by atoms with E-state index in [-0.39, 0.29) is 0 Å². The molecule has 0 saturated carbocycles. The quantitative estimate of drug-likeness (QED) is 0.759. The average Bonchev–Trinajstić information content (AvgIpc) is 3.12. The molecule has 1 saturated heterocycles. The fourth-order valence-electron chi connectivity index (χ4n) is 3.05. The molecule has 26 heavy (non-hydrogen) atoms. The summed E-state index contributed by atoms with van der Waals surface area (Å²) in [6.07, 6.45) is 0. The number of piperazine rings is 1. The lowest BCUT2D eigenvalue weighted by atomic mass is 10.2. The van der Waals surface area contributed by atoms with E-state index in [0.717, 1.165) is 37.4 Å². The molecule has 134 valence electrons. The second-order valence-electron chi connectivity index (χ2n) is 6.30. The summed E-state index contributed by atoms with van der Waals surface area (Å²) in [5.74, 6) is 1.49. The maximum Gasteiger partial charge on any atom is 0.241 e. The minimum Gasteiger partial charge on any atom is -0.508 e. The van der Waals surface area contributed by atoms with Crippen LogP contribution in [0.2, 0.25) is 5.02 Å². The molecule has 0 bridgehead atoms. The summed E-state index contributed by atoms with van der Waals surface area (Å²) in [6.45, 7) is 4.31. The molecule has 6 nitrogen and oxygen atoms in total. The van der Waals surface area contributed by atoms with Crippen LogP contribution in [0.25, 0.3) is 11.4 Å². The van der Waals surface area contributed by atoms with Gasteiger partial charge in [-0.15, -0.1) is 0 Å². The van der Waals surface area contributed by atoms with Gasteiger partial charge in [0.1, 0.15) is 5.75 Å². The number of nitrogens with zero attached hydrogens (tertiary/aromatic N) is 4. The zero-order valence-corrected chi connectivity index (χ0v) is 14.9. The highest BCUT2D eigenvalue weighted by molar-refractivity contribution is 6.30. The van der Waals surface area contributed by atoms with Crippen LogP contribution >= 0.6 is 11.6 Å². The Balaban J connectivity index is 1.34. The van der Waals surface area contributed by atoms with Crippen molar-refractivity contribution in [1.29, 1.82) is 0 Å². The van der Waals surface area contributed by atoms with Crippen molar-refractivity contribution < 1.29 is 9.63 Å². The Morgan fingerprint density at radius 2 is 1.65 bits per heavy atom. The minimum atomic E-state index is 0.292. The zero-order chi connectivity index (χ0) is 17.9. The topological polar surface area (TPSA) is 65.6 Å². The largest absolute Gasteiger partial charge is 0.508 e. The molecular formula is C19H19ClN4O2. The SMILES string of the molecule is Oc1ccc(N2CCN(Cc3nc(-c4ccc(Cl)cc4)no3)CC2)cc1. The second-order valence-corrected chi connectivity index (χ2v) is 6.73. The van der Waals surface area contributed by atoms with Gasteiger partial charge in [-0.25, -0.2) is 0 Å². The van der Waals surface area contributed by atoms with E-state index in [1.165, 1.54) is 0 Å². The summed E-state index contributed by atoms with van der Waals surface area (Å²) in [5.41, 5.74) is 2.02. The number of phenols is 1. The fourth-order valence-corrected chi connectivity index (χ4v) is 3.18. The number of hydrogen-bond acceptors (Lipinski definition) is 6. The van der Waals surface area contributed by atoms with Crippen molar-refractivity contribution in [1.82, 2.24) is 15.0 Å². The summed E-state index contributed by atoms with van der Waals surface area (Å²) in [6, 6.07) is 14.7. The molecule has 0 unspecified atom stereocenters. The molecule has 2 aromatic carbocycles. The Hall–Kier alpha value is -2.57. The Morgan fingerprint density at radius 1 is 0.962 bits per heavy atom. The first-order valence-electron chi connectivity index (χ1n) is 8.52. The van der Waals surface area contributed by atoms with Gasteiger partial charge in [0, 0.05) is 42.5 Å². The van der Waals surface area contributed by atoms with Crippen molar-refractivity contribution in [3.8, 4) is 17.1 Å². The highest BCUT2D eigenvalue weighted by Gasteiger charge is 2.19. The molecule has 2 heterocycles. The highest BCUT2D eigenvalue weighted by atomic mass is 35.5. The van der Waals surface area contributed by atoms with Gasteiger partial charge < -0.3 is 14.5 Å². The number of benzene rings is 2. The third-order valence-corrected chi connectivity index (χ3v) is 4.77. The normalized spacial score (nSPS) is 15.3. The van der Waals surface area contributed by atoms with Crippen LogP contribution in [0.4, 0.5) is 5.69 Å². The maximum atomic E-state index is 9.40. The van der Waals surface area contributed by atoms with Gasteiger partial charge in [0.25, 0.3) is 0 Å². The van der Waals surface area contributed by atoms with Gasteiger partial charge in [0.2, 0.25) is 11.7 Å². The van der Waals surface area contributed by atoms with Crippen LogP contribution in [0.3, 0.4) is 0 Å². The van der Waals surface area contributed by atoms with E-state index in [0.29, 0.717) is 29.0 Å². The molecular weight excluding hydrogens is 352 g/mol. The van der Waals surface area contributed by atoms with Crippen LogP contribution in [0.5, 0.6) is 5.75 Å². The summed E-state index contributed by atoms with van der Waals surface area (Å²) in [7, 11) is 0. The predicted molar refractivity (Wildman–Crippen MR) is 100 cm³/mol. The lowest BCUT2D eigenvalue weighted by Crippen LogP contribution is -2.46. The zero-order valence-electron chi connectivity index (χ0n) is 14.2. The average molecular weight is 371 g/mol. The molecule has 0 aliphatic carbocycles. The third-order valence-electron chi connectivity index (χ3n) is 4.52. The molecule has 3 aromatic rings. The number of phenolic OH excluding ortho intramolecular Hbond substituents is 1. The number of rotatable bonds is 4. The first-order chi connectivity index (χ1) is 12.7. The van der Waals surface area contributed by atoms with Crippen molar-refractivity contribution in [3.63, 3.8) is 0 Å². The predicted octanol–water partition coefficient (Wildman–Crippen LogP) is 3.42. The Bertz CT molecular complexity index is 856. The number of aromatic hydroxyl groups is 1. The molecule has 1 aliphatic heterocycles. The summed E-state index contributed by atoms with van der Waals surface area (Å²) in [4.78, 5) is 9.10. The Morgan fingerprint density at radius 3 is 2.35 bits per heavy atom. The van der Waals surface area contributed by atoms with Crippen LogP contribution in [-0.2, 0) is 6.54 Å². The number of anilines is 1. The molecule has 0 atom stereocenters. The summed E-state index contributed by atoms with van der Waals surface area (Å²) in [5, 5.41) is 14.1. The van der Waals surface area contributed by atoms with Crippen molar-refractivity contribution in [2.75, 3.05) is 31.1 Å². The molecule has 1 aromatic heterocycles. The van der Waals surface area contributed by atoms with Gasteiger partial charge in [-0.2, -0.15) is 4.98 Å².